The highest BCUT2D eigenvalue weighted by molar-refractivity contribution is 6.31. The molecule has 0 fully saturated rings. The molecule has 0 aliphatic carbocycles. The summed E-state index contributed by atoms with van der Waals surface area (Å²) < 4.78 is 5.73. The van der Waals surface area contributed by atoms with Gasteiger partial charge in [-0.25, -0.2) is 9.97 Å². The number of benzene rings is 2. The summed E-state index contributed by atoms with van der Waals surface area (Å²) in [7, 11) is 0. The van der Waals surface area contributed by atoms with Crippen LogP contribution in [0.2, 0.25) is 5.02 Å². The van der Waals surface area contributed by atoms with Crippen molar-refractivity contribution in [1.29, 1.82) is 0 Å². The molecule has 0 amide bonds. The number of aromatic nitrogens is 3. The van der Waals surface area contributed by atoms with E-state index in [9.17, 15) is 0 Å². The molecule has 19 heavy (non-hydrogen) atoms. The van der Waals surface area contributed by atoms with Gasteiger partial charge in [0.2, 0.25) is 5.89 Å². The minimum absolute atomic E-state index is 0.578. The second kappa shape index (κ2) is 3.83. The van der Waals surface area contributed by atoms with Gasteiger partial charge in [-0.15, -0.1) is 0 Å². The summed E-state index contributed by atoms with van der Waals surface area (Å²) in [6, 6.07) is 11.2. The van der Waals surface area contributed by atoms with Crippen molar-refractivity contribution in [3.8, 4) is 11.5 Å². The van der Waals surface area contributed by atoms with Crippen LogP contribution in [0.3, 0.4) is 0 Å². The lowest BCUT2D eigenvalue weighted by Crippen LogP contribution is -1.77. The number of hydrogen-bond acceptors (Lipinski definition) is 3. The number of aromatic amines is 1. The average Bonchev–Trinajstić information content (AvgIpc) is 3.02. The van der Waals surface area contributed by atoms with E-state index in [-0.39, 0.29) is 0 Å². The highest BCUT2D eigenvalue weighted by Crippen LogP contribution is 2.27. The lowest BCUT2D eigenvalue weighted by Gasteiger charge is -1.94. The second-order valence-electron chi connectivity index (χ2n) is 4.27. The molecule has 0 unspecified atom stereocenters. The SMILES string of the molecule is Clc1ccc2oc(-c3ccc4nc[nH]c4c3)nc2c1. The molecule has 4 rings (SSSR count). The first kappa shape index (κ1) is 10.6. The summed E-state index contributed by atoms with van der Waals surface area (Å²) in [5.74, 6) is 0.578. The van der Waals surface area contributed by atoms with E-state index in [0.29, 0.717) is 10.9 Å². The molecule has 0 atom stereocenters. The lowest BCUT2D eigenvalue weighted by atomic mass is 10.2. The van der Waals surface area contributed by atoms with Crippen LogP contribution in [-0.2, 0) is 0 Å². The minimum atomic E-state index is 0.578. The van der Waals surface area contributed by atoms with Gasteiger partial charge in [-0.1, -0.05) is 11.6 Å². The van der Waals surface area contributed by atoms with Crippen LogP contribution in [0.5, 0.6) is 0 Å². The molecular formula is C14H8ClN3O. The van der Waals surface area contributed by atoms with Gasteiger partial charge in [0, 0.05) is 10.6 Å². The molecule has 5 heteroatoms. The highest BCUT2D eigenvalue weighted by atomic mass is 35.5. The fraction of sp³-hybridized carbons (Fsp3) is 0. The smallest absolute Gasteiger partial charge is 0.227 e. The summed E-state index contributed by atoms with van der Waals surface area (Å²) >= 11 is 5.94. The number of imidazole rings is 1. The Morgan fingerprint density at radius 2 is 2.00 bits per heavy atom. The van der Waals surface area contributed by atoms with E-state index in [0.717, 1.165) is 27.7 Å². The third kappa shape index (κ3) is 1.69. The van der Waals surface area contributed by atoms with Crippen LogP contribution in [0.1, 0.15) is 0 Å². The van der Waals surface area contributed by atoms with Gasteiger partial charge in [-0.05, 0) is 36.4 Å². The lowest BCUT2D eigenvalue weighted by molar-refractivity contribution is 0.620. The Kier molecular flexibility index (Phi) is 2.13. The molecule has 0 saturated carbocycles. The predicted molar refractivity (Wildman–Crippen MR) is 74.1 cm³/mol. The predicted octanol–water partition coefficient (Wildman–Crippen LogP) is 4.02. The molecule has 0 radical (unpaired) electrons. The summed E-state index contributed by atoms with van der Waals surface area (Å²) in [4.78, 5) is 11.7. The van der Waals surface area contributed by atoms with E-state index in [2.05, 4.69) is 15.0 Å². The van der Waals surface area contributed by atoms with Crippen LogP contribution in [0, 0.1) is 0 Å². The first-order chi connectivity index (χ1) is 9.29. The molecule has 0 spiro atoms. The number of oxazole rings is 1. The molecule has 2 aromatic carbocycles. The van der Waals surface area contributed by atoms with E-state index in [4.69, 9.17) is 16.0 Å². The molecule has 0 bridgehead atoms. The Hall–Kier alpha value is -2.33. The van der Waals surface area contributed by atoms with E-state index < -0.39 is 0 Å². The Labute approximate surface area is 113 Å². The molecule has 0 aliphatic rings. The van der Waals surface area contributed by atoms with Gasteiger partial charge in [-0.3, -0.25) is 0 Å². The molecule has 92 valence electrons. The average molecular weight is 270 g/mol. The zero-order valence-electron chi connectivity index (χ0n) is 9.72. The van der Waals surface area contributed by atoms with Crippen LogP contribution in [0.15, 0.2) is 47.1 Å². The Bertz CT molecular complexity index is 894. The largest absolute Gasteiger partial charge is 0.436 e. The molecule has 0 aliphatic heterocycles. The molecular weight excluding hydrogens is 262 g/mol. The first-order valence-electron chi connectivity index (χ1n) is 5.79. The van der Waals surface area contributed by atoms with Crippen molar-refractivity contribution in [3.63, 3.8) is 0 Å². The number of hydrogen-bond donors (Lipinski definition) is 1. The molecule has 0 saturated heterocycles. The summed E-state index contributed by atoms with van der Waals surface area (Å²) in [5, 5.41) is 0.649. The molecule has 4 nitrogen and oxygen atoms in total. The van der Waals surface area contributed by atoms with Gasteiger partial charge >= 0.3 is 0 Å². The number of rotatable bonds is 1. The molecule has 2 aromatic heterocycles. The third-order valence-electron chi connectivity index (χ3n) is 3.02. The quantitative estimate of drug-likeness (QED) is 0.568. The zero-order chi connectivity index (χ0) is 12.8. The number of halogens is 1. The fourth-order valence-electron chi connectivity index (χ4n) is 2.09. The van der Waals surface area contributed by atoms with Crippen LogP contribution < -0.4 is 0 Å². The van der Waals surface area contributed by atoms with Gasteiger partial charge < -0.3 is 9.40 Å². The number of nitrogens with zero attached hydrogens (tertiary/aromatic N) is 2. The van der Waals surface area contributed by atoms with Crippen molar-refractivity contribution >= 4 is 33.7 Å². The standard InChI is InChI=1S/C14H8ClN3O/c15-9-2-4-13-12(6-9)18-14(19-13)8-1-3-10-11(5-8)17-7-16-10/h1-7H,(H,16,17). The molecule has 1 N–H and O–H groups in total. The molecule has 4 aromatic rings. The van der Waals surface area contributed by atoms with Crippen LogP contribution in [0.25, 0.3) is 33.6 Å². The van der Waals surface area contributed by atoms with Crippen LogP contribution >= 0.6 is 11.6 Å². The van der Waals surface area contributed by atoms with Crippen molar-refractivity contribution in [1.82, 2.24) is 15.0 Å². The summed E-state index contributed by atoms with van der Waals surface area (Å²) in [6.07, 6.45) is 1.67. The first-order valence-corrected chi connectivity index (χ1v) is 6.17. The Balaban J connectivity index is 1.92. The number of H-pyrrole nitrogens is 1. The van der Waals surface area contributed by atoms with Gasteiger partial charge in [0.25, 0.3) is 0 Å². The fourth-order valence-corrected chi connectivity index (χ4v) is 2.26. The van der Waals surface area contributed by atoms with E-state index in [1.165, 1.54) is 0 Å². The van der Waals surface area contributed by atoms with E-state index in [1.54, 1.807) is 18.5 Å². The maximum Gasteiger partial charge on any atom is 0.227 e. The second-order valence-corrected chi connectivity index (χ2v) is 4.70. The van der Waals surface area contributed by atoms with Crippen LogP contribution in [0.4, 0.5) is 0 Å². The summed E-state index contributed by atoms with van der Waals surface area (Å²) in [6.45, 7) is 0. The van der Waals surface area contributed by atoms with Crippen LogP contribution in [-0.4, -0.2) is 15.0 Å². The zero-order valence-corrected chi connectivity index (χ0v) is 10.5. The van der Waals surface area contributed by atoms with Crippen molar-refractivity contribution in [3.05, 3.63) is 47.7 Å². The van der Waals surface area contributed by atoms with Crippen molar-refractivity contribution in [2.45, 2.75) is 0 Å². The van der Waals surface area contributed by atoms with Crippen molar-refractivity contribution < 1.29 is 4.42 Å². The van der Waals surface area contributed by atoms with Gasteiger partial charge in [0.1, 0.15) is 5.52 Å². The minimum Gasteiger partial charge on any atom is -0.436 e. The summed E-state index contributed by atoms with van der Waals surface area (Å²) in [5.41, 5.74) is 4.26. The number of nitrogens with one attached hydrogen (secondary N) is 1. The van der Waals surface area contributed by atoms with Gasteiger partial charge in [-0.2, -0.15) is 0 Å². The van der Waals surface area contributed by atoms with Crippen molar-refractivity contribution in [2.75, 3.05) is 0 Å². The topological polar surface area (TPSA) is 54.7 Å². The Morgan fingerprint density at radius 3 is 2.95 bits per heavy atom. The highest BCUT2D eigenvalue weighted by Gasteiger charge is 2.09. The normalized spacial score (nSPS) is 11.4. The number of fused-ring (bicyclic) bond motifs is 2. The van der Waals surface area contributed by atoms with E-state index >= 15 is 0 Å². The van der Waals surface area contributed by atoms with Crippen molar-refractivity contribution in [2.24, 2.45) is 0 Å². The van der Waals surface area contributed by atoms with E-state index in [1.807, 2.05) is 24.3 Å². The maximum absolute atomic E-state index is 5.94. The van der Waals surface area contributed by atoms with Gasteiger partial charge in [0.05, 0.1) is 17.4 Å². The third-order valence-corrected chi connectivity index (χ3v) is 3.25. The van der Waals surface area contributed by atoms with Gasteiger partial charge in [0.15, 0.2) is 5.58 Å². The monoisotopic (exact) mass is 269 g/mol. The Morgan fingerprint density at radius 1 is 1.05 bits per heavy atom. The molecule has 2 heterocycles. The maximum atomic E-state index is 5.94.